The zero-order chi connectivity index (χ0) is 51.0. The first-order valence-electron chi connectivity index (χ1n) is 22.8. The van der Waals surface area contributed by atoms with E-state index in [1.165, 1.54) is 45.2 Å². The van der Waals surface area contributed by atoms with Crippen LogP contribution in [0, 0.1) is 5.92 Å². The number of benzene rings is 2. The van der Waals surface area contributed by atoms with E-state index in [9.17, 15) is 44.1 Å². The number of hydrogen-bond acceptors (Lipinski definition) is 16. The lowest BCUT2D eigenvalue weighted by molar-refractivity contribution is -0.229. The Labute approximate surface area is 410 Å². The number of anilines is 2. The highest BCUT2D eigenvalue weighted by atomic mass is 35.5. The second-order valence-electron chi connectivity index (χ2n) is 18.0. The van der Waals surface area contributed by atoms with Gasteiger partial charge in [-0.25, -0.2) is 9.59 Å². The van der Waals surface area contributed by atoms with Gasteiger partial charge in [-0.3, -0.25) is 19.2 Å². The number of epoxide rings is 1. The van der Waals surface area contributed by atoms with Crippen molar-refractivity contribution in [2.24, 2.45) is 5.92 Å². The fraction of sp³-hybridized carbons (Fsp3) is 0.542. The van der Waals surface area contributed by atoms with Crippen LogP contribution in [0.3, 0.4) is 0 Å². The zero-order valence-electron chi connectivity index (χ0n) is 40.1. The quantitative estimate of drug-likeness (QED) is 0.116. The number of esters is 1. The summed E-state index contributed by atoms with van der Waals surface area (Å²) in [6.07, 6.45) is -2.26. The summed E-state index contributed by atoms with van der Waals surface area (Å²) in [5.74, 6) is -1.94. The fourth-order valence-corrected chi connectivity index (χ4v) is 8.65. The number of halogens is 1. The minimum absolute atomic E-state index is 0.0399. The smallest absolute Gasteiger partial charge is 0.410 e. The number of amides is 5. The van der Waals surface area contributed by atoms with E-state index in [0.29, 0.717) is 29.8 Å². The molecule has 382 valence electrons. The first-order valence-corrected chi connectivity index (χ1v) is 23.2. The second kappa shape index (κ2) is 23.8. The maximum absolute atomic E-state index is 14.0. The van der Waals surface area contributed by atoms with Crippen molar-refractivity contribution in [3.05, 3.63) is 70.3 Å². The van der Waals surface area contributed by atoms with Gasteiger partial charge >= 0.3 is 18.2 Å². The number of carbonyl (C=O) groups is 6. The summed E-state index contributed by atoms with van der Waals surface area (Å²) < 4.78 is 39.9. The molecule has 5 N–H and O–H groups in total. The van der Waals surface area contributed by atoms with Crippen molar-refractivity contribution >= 4 is 58.9 Å². The molecule has 2 aromatic carbocycles. The molecule has 22 heteroatoms. The molecule has 3 saturated heterocycles. The van der Waals surface area contributed by atoms with Gasteiger partial charge in [-0.1, -0.05) is 48.4 Å². The van der Waals surface area contributed by atoms with Crippen LogP contribution in [0.25, 0.3) is 0 Å². The number of aliphatic hydroxyl groups excluding tert-OH is 3. The Balaban J connectivity index is 1.08. The van der Waals surface area contributed by atoms with Gasteiger partial charge in [-0.05, 0) is 54.7 Å². The summed E-state index contributed by atoms with van der Waals surface area (Å²) in [5.41, 5.74) is 2.82. The van der Waals surface area contributed by atoms with Crippen molar-refractivity contribution < 1.29 is 77.2 Å². The SMILES string of the molecule is COc1cc2cc(c1Cl)N(C)C(=O)C[C@H](OC(=O)CN(C)C(=O)CN(C)C(=O)OCc1ccc(O[C@H]3C[C@@H](O)[C@@H](O)[C@@H](CO)O3)c(NC(C)=O)c1)[C@@H]1O[C@H]1C[C@@H]1CC(NC(=O)O1)[C@H](C)/C=C/C=C(\C)C2. The number of rotatable bonds is 12. The summed E-state index contributed by atoms with van der Waals surface area (Å²) >= 11 is 6.75. The van der Waals surface area contributed by atoms with Crippen molar-refractivity contribution in [3.8, 4) is 11.5 Å². The summed E-state index contributed by atoms with van der Waals surface area (Å²) in [5, 5.41) is 35.5. The third-order valence-corrected chi connectivity index (χ3v) is 12.7. The number of likely N-dealkylation sites (N-methyl/N-ethyl adjacent to an activating group) is 2. The summed E-state index contributed by atoms with van der Waals surface area (Å²) in [7, 11) is 5.70. The Bertz CT molecular complexity index is 2330. The molecule has 0 aromatic heterocycles. The van der Waals surface area contributed by atoms with Gasteiger partial charge in [0.15, 0.2) is 0 Å². The molecule has 4 heterocycles. The minimum atomic E-state index is -1.31. The average molecular weight is 1000 g/mol. The molecule has 4 aliphatic heterocycles. The molecule has 0 aliphatic carbocycles. The summed E-state index contributed by atoms with van der Waals surface area (Å²) in [6, 6.07) is 7.88. The third kappa shape index (κ3) is 14.1. The fourth-order valence-electron chi connectivity index (χ4n) is 8.33. The van der Waals surface area contributed by atoms with E-state index in [2.05, 4.69) is 10.6 Å². The van der Waals surface area contributed by atoms with Crippen LogP contribution >= 0.6 is 11.6 Å². The molecular weight excluding hydrogens is 938 g/mol. The second-order valence-corrected chi connectivity index (χ2v) is 18.4. The third-order valence-electron chi connectivity index (χ3n) is 12.4. The maximum atomic E-state index is 14.0. The highest BCUT2D eigenvalue weighted by Crippen LogP contribution is 2.39. The molecule has 70 heavy (non-hydrogen) atoms. The lowest BCUT2D eigenvalue weighted by atomic mass is 9.92. The highest BCUT2D eigenvalue weighted by molar-refractivity contribution is 6.35. The van der Waals surface area contributed by atoms with Crippen LogP contribution in [0.2, 0.25) is 5.02 Å². The zero-order valence-corrected chi connectivity index (χ0v) is 40.9. The van der Waals surface area contributed by atoms with E-state index in [4.69, 9.17) is 44.8 Å². The molecule has 21 nitrogen and oxygen atoms in total. The number of fused-ring (bicyclic) bond motifs is 5. The van der Waals surface area contributed by atoms with E-state index in [1.807, 2.05) is 32.1 Å². The largest absolute Gasteiger partial charge is 0.495 e. The number of alkyl carbamates (subject to hydrolysis) is 1. The Morgan fingerprint density at radius 2 is 1.77 bits per heavy atom. The van der Waals surface area contributed by atoms with Gasteiger partial charge in [0.25, 0.3) is 0 Å². The van der Waals surface area contributed by atoms with Crippen LogP contribution in [0.15, 0.2) is 54.1 Å². The molecule has 10 atom stereocenters. The number of carbonyl (C=O) groups excluding carboxylic acids is 6. The molecule has 5 amide bonds. The Hall–Kier alpha value is -5.97. The number of aliphatic hydroxyl groups is 3. The Morgan fingerprint density at radius 1 is 1.01 bits per heavy atom. The Kier molecular flexibility index (Phi) is 18.1. The van der Waals surface area contributed by atoms with Gasteiger partial charge < -0.3 is 73.8 Å². The lowest BCUT2D eigenvalue weighted by Crippen LogP contribution is -2.51. The standard InChI is InChI=1S/C48H62ClN5O16/c1-25-9-8-10-26(2)31-17-30(66-47(62)51-31)18-37-46(70-37)38(20-40(58)54(6)33-15-29(13-25)16-36(64-7)44(33)49)67-42(60)22-52(4)41(59)21-53(5)48(63)65-24-28-11-12-35(32(14-28)50-27(3)56)68-43-19-34(57)45(61)39(23-55)69-43/h8-12,14-16,26,30-31,34,37-39,43,45-46,55,57,61H,13,17-24H2,1-7H3,(H,50,56)(H,51,62)/b10-8+,25-9+/t26-,30+,31?,34-,37+,38+,39-,43-,45-,46-/m1/s1. The van der Waals surface area contributed by atoms with E-state index < -0.39 is 105 Å². The van der Waals surface area contributed by atoms with Crippen LogP contribution in [0.5, 0.6) is 11.5 Å². The van der Waals surface area contributed by atoms with Crippen LogP contribution in [0.1, 0.15) is 57.6 Å². The van der Waals surface area contributed by atoms with Crippen molar-refractivity contribution in [1.82, 2.24) is 15.1 Å². The number of allylic oxidation sites excluding steroid dienone is 3. The first kappa shape index (κ1) is 53.4. The lowest BCUT2D eigenvalue weighted by Gasteiger charge is -2.36. The summed E-state index contributed by atoms with van der Waals surface area (Å²) in [6.45, 7) is 3.35. The molecule has 6 rings (SSSR count). The predicted molar refractivity (Wildman–Crippen MR) is 251 cm³/mol. The Morgan fingerprint density at radius 3 is 2.49 bits per heavy atom. The van der Waals surface area contributed by atoms with Gasteiger partial charge in [-0.2, -0.15) is 0 Å². The van der Waals surface area contributed by atoms with Gasteiger partial charge in [0, 0.05) is 53.4 Å². The molecular formula is C48H62ClN5O16. The van der Waals surface area contributed by atoms with Gasteiger partial charge in [0.05, 0.1) is 43.7 Å². The predicted octanol–water partition coefficient (Wildman–Crippen LogP) is 3.23. The van der Waals surface area contributed by atoms with Gasteiger partial charge in [-0.15, -0.1) is 0 Å². The molecule has 4 aliphatic rings. The minimum Gasteiger partial charge on any atom is -0.495 e. The van der Waals surface area contributed by atoms with Crippen LogP contribution in [0.4, 0.5) is 21.0 Å². The molecule has 0 spiro atoms. The van der Waals surface area contributed by atoms with E-state index in [1.54, 1.807) is 25.2 Å². The van der Waals surface area contributed by atoms with Gasteiger partial charge in [0.1, 0.15) is 66.7 Å². The molecule has 4 bridgehead atoms. The van der Waals surface area contributed by atoms with Crippen molar-refractivity contribution in [2.45, 2.75) is 115 Å². The average Bonchev–Trinajstić information content (AvgIpc) is 4.07. The number of hydrogen-bond donors (Lipinski definition) is 5. The van der Waals surface area contributed by atoms with E-state index in [0.717, 1.165) is 20.9 Å². The van der Waals surface area contributed by atoms with Crippen LogP contribution in [-0.2, 0) is 55.9 Å². The molecule has 2 aromatic rings. The van der Waals surface area contributed by atoms with Crippen molar-refractivity contribution in [3.63, 3.8) is 0 Å². The summed E-state index contributed by atoms with van der Waals surface area (Å²) in [4.78, 5) is 82.1. The van der Waals surface area contributed by atoms with E-state index in [-0.39, 0.29) is 54.3 Å². The van der Waals surface area contributed by atoms with E-state index >= 15 is 0 Å². The van der Waals surface area contributed by atoms with Gasteiger partial charge in [0.2, 0.25) is 24.0 Å². The molecule has 0 radical (unpaired) electrons. The highest BCUT2D eigenvalue weighted by Gasteiger charge is 2.50. The number of nitrogens with zero attached hydrogens (tertiary/aromatic N) is 3. The topological polar surface area (TPSA) is 265 Å². The molecule has 1 unspecified atom stereocenters. The van der Waals surface area contributed by atoms with Crippen molar-refractivity contribution in [2.75, 3.05) is 58.2 Å². The number of nitrogens with one attached hydrogen (secondary N) is 2. The normalized spacial score (nSPS) is 28.0. The van der Waals surface area contributed by atoms with Crippen LogP contribution < -0.4 is 25.0 Å². The maximum Gasteiger partial charge on any atom is 0.410 e. The first-order chi connectivity index (χ1) is 33.2. The monoisotopic (exact) mass is 999 g/mol. The molecule has 0 saturated carbocycles. The van der Waals surface area contributed by atoms with Crippen molar-refractivity contribution in [1.29, 1.82) is 0 Å². The number of ether oxygens (including phenoxy) is 7. The number of methoxy groups -OCH3 is 1. The molecule has 3 fully saturated rings. The van der Waals surface area contributed by atoms with Crippen LogP contribution in [-0.4, -0.2) is 164 Å².